The molecule has 1 aromatic heterocycles. The molecule has 1 aromatic rings. The summed E-state index contributed by atoms with van der Waals surface area (Å²) in [5, 5.41) is 6.38. The smallest absolute Gasteiger partial charge is 0.220 e. The molecule has 1 aliphatic rings. The Hall–Kier alpha value is -1.85. The van der Waals surface area contributed by atoms with Crippen molar-refractivity contribution in [2.75, 3.05) is 29.9 Å². The molecule has 0 saturated carbocycles. The molecule has 2 rings (SSSR count). The van der Waals surface area contributed by atoms with Crippen LogP contribution in [-0.4, -0.2) is 41.6 Å². The Morgan fingerprint density at radius 2 is 2.24 bits per heavy atom. The second kappa shape index (κ2) is 10.2. The van der Waals surface area contributed by atoms with Gasteiger partial charge in [0.25, 0.3) is 0 Å². The van der Waals surface area contributed by atoms with Crippen LogP contribution >= 0.6 is 0 Å². The van der Waals surface area contributed by atoms with Crippen molar-refractivity contribution in [3.8, 4) is 0 Å². The fourth-order valence-electron chi connectivity index (χ4n) is 3.16. The highest BCUT2D eigenvalue weighted by Gasteiger charge is 2.22. The molecule has 0 bridgehead atoms. The monoisotopic (exact) mass is 347 g/mol. The molecule has 0 aliphatic carbocycles. The van der Waals surface area contributed by atoms with Gasteiger partial charge in [-0.2, -0.15) is 0 Å². The van der Waals surface area contributed by atoms with Crippen LogP contribution in [0.5, 0.6) is 0 Å². The van der Waals surface area contributed by atoms with E-state index >= 15 is 0 Å². The molecule has 1 aliphatic heterocycles. The lowest BCUT2D eigenvalue weighted by molar-refractivity contribution is -0.122. The van der Waals surface area contributed by atoms with Crippen LogP contribution in [-0.2, 0) is 4.79 Å². The summed E-state index contributed by atoms with van der Waals surface area (Å²) in [4.78, 5) is 23.1. The number of nitrogens with one attached hydrogen (secondary N) is 2. The number of hydrogen-bond acceptors (Lipinski definition) is 5. The van der Waals surface area contributed by atoms with Crippen LogP contribution in [0.25, 0.3) is 0 Å². The van der Waals surface area contributed by atoms with E-state index in [0.29, 0.717) is 12.3 Å². The van der Waals surface area contributed by atoms with Crippen LogP contribution in [0.4, 0.5) is 11.6 Å². The van der Waals surface area contributed by atoms with E-state index in [2.05, 4.69) is 46.3 Å². The van der Waals surface area contributed by atoms with Gasteiger partial charge in [-0.25, -0.2) is 9.97 Å². The molecule has 2 atom stereocenters. The van der Waals surface area contributed by atoms with Crippen molar-refractivity contribution in [2.24, 2.45) is 5.92 Å². The predicted molar refractivity (Wildman–Crippen MR) is 103 cm³/mol. The van der Waals surface area contributed by atoms with Gasteiger partial charge in [0, 0.05) is 38.2 Å². The number of nitrogens with zero attached hydrogens (tertiary/aromatic N) is 3. The number of hydrogen-bond donors (Lipinski definition) is 2. The van der Waals surface area contributed by atoms with E-state index in [1.165, 1.54) is 6.42 Å². The summed E-state index contributed by atoms with van der Waals surface area (Å²) in [7, 11) is 0. The topological polar surface area (TPSA) is 70.2 Å². The highest BCUT2D eigenvalue weighted by Crippen LogP contribution is 2.25. The van der Waals surface area contributed by atoms with Gasteiger partial charge < -0.3 is 15.5 Å². The number of piperidine rings is 1. The molecule has 1 saturated heterocycles. The highest BCUT2D eigenvalue weighted by atomic mass is 16.1. The quantitative estimate of drug-likeness (QED) is 0.718. The summed E-state index contributed by atoms with van der Waals surface area (Å²) in [6, 6.07) is 2.30. The van der Waals surface area contributed by atoms with Crippen LogP contribution in [0.3, 0.4) is 0 Å². The SMILES string of the molecule is CCCNc1cc(N2CCCC(CCC(=O)NC(C)CC)C2)ncn1. The number of carbonyl (C=O) groups is 1. The summed E-state index contributed by atoms with van der Waals surface area (Å²) < 4.78 is 0. The number of carbonyl (C=O) groups excluding carboxylic acids is 1. The van der Waals surface area contributed by atoms with Crippen molar-refractivity contribution in [1.29, 1.82) is 0 Å². The third-order valence-electron chi connectivity index (χ3n) is 4.85. The number of amides is 1. The minimum absolute atomic E-state index is 0.180. The highest BCUT2D eigenvalue weighted by molar-refractivity contribution is 5.76. The Bertz CT molecular complexity index is 536. The standard InChI is InChI=1S/C19H33N5O/c1-4-10-20-17-12-18(22-14-21-17)24-11-6-7-16(13-24)8-9-19(25)23-15(3)5-2/h12,14-16H,4-11,13H2,1-3H3,(H,23,25)(H,20,21,22). The number of rotatable bonds is 9. The maximum Gasteiger partial charge on any atom is 0.220 e. The maximum atomic E-state index is 12.0. The third kappa shape index (κ3) is 6.52. The lowest BCUT2D eigenvalue weighted by Crippen LogP contribution is -2.37. The molecule has 1 amide bonds. The molecule has 0 radical (unpaired) electrons. The maximum absolute atomic E-state index is 12.0. The van der Waals surface area contributed by atoms with Gasteiger partial charge in [-0.3, -0.25) is 4.79 Å². The van der Waals surface area contributed by atoms with E-state index in [0.717, 1.165) is 57.0 Å². The number of anilines is 2. The Balaban J connectivity index is 1.85. The second-order valence-electron chi connectivity index (χ2n) is 7.06. The summed E-state index contributed by atoms with van der Waals surface area (Å²) in [6.07, 6.45) is 7.60. The Kier molecular flexibility index (Phi) is 7.95. The van der Waals surface area contributed by atoms with Gasteiger partial charge in [-0.15, -0.1) is 0 Å². The van der Waals surface area contributed by atoms with E-state index in [1.807, 2.05) is 6.07 Å². The normalized spacial score (nSPS) is 18.7. The van der Waals surface area contributed by atoms with Gasteiger partial charge in [-0.05, 0) is 44.9 Å². The van der Waals surface area contributed by atoms with E-state index in [-0.39, 0.29) is 11.9 Å². The van der Waals surface area contributed by atoms with Crippen molar-refractivity contribution in [1.82, 2.24) is 15.3 Å². The molecular weight excluding hydrogens is 314 g/mol. The van der Waals surface area contributed by atoms with Gasteiger partial charge >= 0.3 is 0 Å². The van der Waals surface area contributed by atoms with Gasteiger partial charge in [0.1, 0.15) is 18.0 Å². The molecule has 25 heavy (non-hydrogen) atoms. The zero-order valence-corrected chi connectivity index (χ0v) is 15.9. The third-order valence-corrected chi connectivity index (χ3v) is 4.85. The van der Waals surface area contributed by atoms with Crippen molar-refractivity contribution >= 4 is 17.5 Å². The fraction of sp³-hybridized carbons (Fsp3) is 0.737. The number of aromatic nitrogens is 2. The Morgan fingerprint density at radius 3 is 3.00 bits per heavy atom. The summed E-state index contributed by atoms with van der Waals surface area (Å²) in [5.74, 6) is 2.61. The second-order valence-corrected chi connectivity index (χ2v) is 7.06. The lowest BCUT2D eigenvalue weighted by atomic mass is 9.93. The van der Waals surface area contributed by atoms with Crippen LogP contribution in [0.15, 0.2) is 12.4 Å². The first kappa shape index (κ1) is 19.5. The van der Waals surface area contributed by atoms with Crippen molar-refractivity contribution < 1.29 is 4.79 Å². The Labute approximate surface area is 151 Å². The van der Waals surface area contributed by atoms with Gasteiger partial charge in [0.2, 0.25) is 5.91 Å². The molecule has 2 N–H and O–H groups in total. The first-order valence-corrected chi connectivity index (χ1v) is 9.72. The van der Waals surface area contributed by atoms with Crippen LogP contribution in [0.2, 0.25) is 0 Å². The van der Waals surface area contributed by atoms with Crippen molar-refractivity contribution in [2.45, 2.75) is 65.3 Å². The zero-order valence-electron chi connectivity index (χ0n) is 15.9. The first-order chi connectivity index (χ1) is 12.1. The summed E-state index contributed by atoms with van der Waals surface area (Å²) >= 11 is 0. The van der Waals surface area contributed by atoms with Crippen molar-refractivity contribution in [3.05, 3.63) is 12.4 Å². The van der Waals surface area contributed by atoms with Gasteiger partial charge in [0.15, 0.2) is 0 Å². The average molecular weight is 348 g/mol. The van der Waals surface area contributed by atoms with Gasteiger partial charge in [0.05, 0.1) is 0 Å². The molecule has 0 spiro atoms. The molecule has 140 valence electrons. The lowest BCUT2D eigenvalue weighted by Gasteiger charge is -2.33. The fourth-order valence-corrected chi connectivity index (χ4v) is 3.16. The predicted octanol–water partition coefficient (Wildman–Crippen LogP) is 3.21. The molecule has 6 nitrogen and oxygen atoms in total. The zero-order chi connectivity index (χ0) is 18.1. The van der Waals surface area contributed by atoms with E-state index < -0.39 is 0 Å². The van der Waals surface area contributed by atoms with Gasteiger partial charge in [-0.1, -0.05) is 13.8 Å². The molecule has 0 aromatic carbocycles. The molecule has 1 fully saturated rings. The molecule has 2 unspecified atom stereocenters. The van der Waals surface area contributed by atoms with Crippen LogP contribution < -0.4 is 15.5 Å². The van der Waals surface area contributed by atoms with E-state index in [1.54, 1.807) is 6.33 Å². The average Bonchev–Trinajstić information content (AvgIpc) is 2.65. The summed E-state index contributed by atoms with van der Waals surface area (Å²) in [6.45, 7) is 9.21. The largest absolute Gasteiger partial charge is 0.370 e. The first-order valence-electron chi connectivity index (χ1n) is 9.72. The molecular formula is C19H33N5O. The minimum atomic E-state index is 0.180. The van der Waals surface area contributed by atoms with Crippen LogP contribution in [0.1, 0.15) is 59.3 Å². The van der Waals surface area contributed by atoms with E-state index in [9.17, 15) is 4.79 Å². The van der Waals surface area contributed by atoms with Crippen LogP contribution in [0, 0.1) is 5.92 Å². The molecule has 2 heterocycles. The molecule has 6 heteroatoms. The minimum Gasteiger partial charge on any atom is -0.370 e. The Morgan fingerprint density at radius 1 is 1.40 bits per heavy atom. The van der Waals surface area contributed by atoms with Crippen molar-refractivity contribution in [3.63, 3.8) is 0 Å². The summed E-state index contributed by atoms with van der Waals surface area (Å²) in [5.41, 5.74) is 0. The van der Waals surface area contributed by atoms with E-state index in [4.69, 9.17) is 0 Å².